The van der Waals surface area contributed by atoms with Crippen molar-refractivity contribution in [1.82, 2.24) is 10.3 Å². The van der Waals surface area contributed by atoms with Gasteiger partial charge < -0.3 is 15.2 Å². The van der Waals surface area contributed by atoms with E-state index in [9.17, 15) is 22.8 Å². The van der Waals surface area contributed by atoms with Crippen molar-refractivity contribution in [3.63, 3.8) is 0 Å². The Morgan fingerprint density at radius 1 is 1.10 bits per heavy atom. The molecular weight excluding hydrogens is 401 g/mol. The molecule has 0 saturated carbocycles. The van der Waals surface area contributed by atoms with Gasteiger partial charge in [0.15, 0.2) is 0 Å². The predicted molar refractivity (Wildman–Crippen MR) is 103 cm³/mol. The highest BCUT2D eigenvalue weighted by Crippen LogP contribution is 2.33. The summed E-state index contributed by atoms with van der Waals surface area (Å²) in [6.45, 7) is 1.34. The number of halogens is 3. The summed E-state index contributed by atoms with van der Waals surface area (Å²) in [5, 5.41) is 11.9. The van der Waals surface area contributed by atoms with E-state index < -0.39 is 29.7 Å². The Bertz CT molecular complexity index is 1110. The molecule has 0 spiro atoms. The zero-order valence-corrected chi connectivity index (χ0v) is 15.9. The first-order valence-electron chi connectivity index (χ1n) is 8.80. The van der Waals surface area contributed by atoms with Gasteiger partial charge in [0.2, 0.25) is 0 Å². The second kappa shape index (κ2) is 8.02. The van der Waals surface area contributed by atoms with E-state index >= 15 is 0 Å². The van der Waals surface area contributed by atoms with Crippen LogP contribution in [0, 0.1) is 0 Å². The molecule has 0 radical (unpaired) electrons. The second-order valence-electron chi connectivity index (χ2n) is 6.55. The van der Waals surface area contributed by atoms with Crippen LogP contribution in [-0.2, 0) is 11.0 Å². The van der Waals surface area contributed by atoms with Gasteiger partial charge >= 0.3 is 12.1 Å². The van der Waals surface area contributed by atoms with E-state index in [0.29, 0.717) is 27.9 Å². The largest absolute Gasteiger partial charge is 0.496 e. The molecule has 2 N–H and O–H groups in total. The van der Waals surface area contributed by atoms with Crippen molar-refractivity contribution in [2.75, 3.05) is 7.11 Å². The number of carboxylic acids is 1. The topological polar surface area (TPSA) is 88.5 Å². The molecule has 3 rings (SSSR count). The fourth-order valence-electron chi connectivity index (χ4n) is 2.83. The first-order valence-corrected chi connectivity index (χ1v) is 8.80. The number of hydrogen-bond donors (Lipinski definition) is 2. The van der Waals surface area contributed by atoms with E-state index in [0.717, 1.165) is 12.1 Å². The number of carbonyl (C=O) groups is 2. The van der Waals surface area contributed by atoms with Crippen LogP contribution in [0.4, 0.5) is 13.2 Å². The van der Waals surface area contributed by atoms with Gasteiger partial charge in [-0.1, -0.05) is 12.1 Å². The van der Waals surface area contributed by atoms with Gasteiger partial charge in [0, 0.05) is 22.6 Å². The number of methoxy groups -OCH3 is 1. The van der Waals surface area contributed by atoms with Crippen LogP contribution in [0.25, 0.3) is 22.2 Å². The summed E-state index contributed by atoms with van der Waals surface area (Å²) < 4.78 is 43.8. The van der Waals surface area contributed by atoms with E-state index in [1.54, 1.807) is 12.1 Å². The highest BCUT2D eigenvalue weighted by Gasteiger charge is 2.30. The number of aliphatic carboxylic acids is 1. The van der Waals surface area contributed by atoms with Crippen LogP contribution in [0.3, 0.4) is 0 Å². The molecule has 0 unspecified atom stereocenters. The number of nitrogens with one attached hydrogen (secondary N) is 1. The molecule has 156 valence electrons. The predicted octanol–water partition coefficient (Wildman–Crippen LogP) is 4.13. The number of aromatic nitrogens is 1. The minimum absolute atomic E-state index is 0.190. The zero-order valence-electron chi connectivity index (χ0n) is 15.9. The number of carboxylic acid groups (broad SMARTS) is 1. The number of ether oxygens (including phenoxy) is 1. The van der Waals surface area contributed by atoms with E-state index in [2.05, 4.69) is 10.3 Å². The van der Waals surface area contributed by atoms with Crippen LogP contribution in [0.2, 0.25) is 0 Å². The molecule has 6 nitrogen and oxygen atoms in total. The van der Waals surface area contributed by atoms with Crippen molar-refractivity contribution in [2.24, 2.45) is 0 Å². The fourth-order valence-corrected chi connectivity index (χ4v) is 2.83. The van der Waals surface area contributed by atoms with Gasteiger partial charge in [-0.15, -0.1) is 0 Å². The Kier molecular flexibility index (Phi) is 5.64. The lowest BCUT2D eigenvalue weighted by atomic mass is 10.0. The van der Waals surface area contributed by atoms with Crippen LogP contribution in [0.15, 0.2) is 48.5 Å². The zero-order chi connectivity index (χ0) is 22.1. The van der Waals surface area contributed by atoms with Gasteiger partial charge in [0.1, 0.15) is 11.8 Å². The van der Waals surface area contributed by atoms with Crippen molar-refractivity contribution < 1.29 is 32.6 Å². The average Bonchev–Trinajstić information content (AvgIpc) is 2.71. The molecule has 2 aromatic carbocycles. The van der Waals surface area contributed by atoms with Gasteiger partial charge in [-0.25, -0.2) is 4.98 Å². The number of amides is 1. The second-order valence-corrected chi connectivity index (χ2v) is 6.55. The van der Waals surface area contributed by atoms with Crippen LogP contribution in [0.1, 0.15) is 22.8 Å². The first-order chi connectivity index (χ1) is 14.1. The number of fused-ring (bicyclic) bond motifs is 1. The third-order valence-electron chi connectivity index (χ3n) is 4.48. The number of rotatable bonds is 5. The molecule has 0 saturated heterocycles. The molecule has 0 fully saturated rings. The third-order valence-corrected chi connectivity index (χ3v) is 4.48. The molecule has 1 aromatic heterocycles. The maximum Gasteiger partial charge on any atom is 0.416 e. The normalized spacial score (nSPS) is 12.4. The van der Waals surface area contributed by atoms with Gasteiger partial charge in [-0.2, -0.15) is 13.2 Å². The van der Waals surface area contributed by atoms with Crippen LogP contribution in [0.5, 0.6) is 5.75 Å². The Labute approximate surface area is 169 Å². The summed E-state index contributed by atoms with van der Waals surface area (Å²) in [5.41, 5.74) is 0.599. The van der Waals surface area contributed by atoms with Crippen molar-refractivity contribution in [3.8, 4) is 17.0 Å². The van der Waals surface area contributed by atoms with Crippen LogP contribution < -0.4 is 10.1 Å². The lowest BCUT2D eigenvalue weighted by Crippen LogP contribution is -2.38. The number of benzene rings is 2. The Hall–Kier alpha value is -3.62. The molecule has 0 aliphatic rings. The molecule has 3 aromatic rings. The molecule has 0 bridgehead atoms. The lowest BCUT2D eigenvalue weighted by molar-refractivity contribution is -0.139. The van der Waals surface area contributed by atoms with Gasteiger partial charge in [-0.05, 0) is 37.3 Å². The molecule has 0 aliphatic carbocycles. The number of hydrogen-bond acceptors (Lipinski definition) is 4. The fraction of sp³-hybridized carbons (Fsp3) is 0.190. The van der Waals surface area contributed by atoms with E-state index in [-0.39, 0.29) is 5.56 Å². The van der Waals surface area contributed by atoms with E-state index in [1.165, 1.54) is 38.3 Å². The summed E-state index contributed by atoms with van der Waals surface area (Å²) >= 11 is 0. The molecule has 1 atom stereocenters. The maximum atomic E-state index is 12.8. The molecule has 9 heteroatoms. The quantitative estimate of drug-likeness (QED) is 0.651. The Morgan fingerprint density at radius 2 is 1.77 bits per heavy atom. The minimum atomic E-state index is -4.44. The van der Waals surface area contributed by atoms with Crippen LogP contribution in [-0.4, -0.2) is 35.1 Å². The Morgan fingerprint density at radius 3 is 2.33 bits per heavy atom. The third kappa shape index (κ3) is 4.35. The average molecular weight is 418 g/mol. The summed E-state index contributed by atoms with van der Waals surface area (Å²) in [5.74, 6) is -1.33. The number of carbonyl (C=O) groups excluding carboxylic acids is 1. The number of nitrogens with zero attached hydrogens (tertiary/aromatic N) is 1. The highest BCUT2D eigenvalue weighted by atomic mass is 19.4. The van der Waals surface area contributed by atoms with Crippen molar-refractivity contribution in [3.05, 3.63) is 59.7 Å². The maximum absolute atomic E-state index is 12.8. The minimum Gasteiger partial charge on any atom is -0.496 e. The van der Waals surface area contributed by atoms with Crippen molar-refractivity contribution in [1.29, 1.82) is 0 Å². The SMILES string of the molecule is COc1cc(-c2ccc(C(F)(F)F)cc2)nc2cc(C(=O)N[C@H](C)C(=O)O)ccc12. The van der Waals surface area contributed by atoms with Crippen molar-refractivity contribution in [2.45, 2.75) is 19.1 Å². The van der Waals surface area contributed by atoms with Gasteiger partial charge in [0.25, 0.3) is 5.91 Å². The van der Waals surface area contributed by atoms with Crippen LogP contribution >= 0.6 is 0 Å². The van der Waals surface area contributed by atoms with Crippen molar-refractivity contribution >= 4 is 22.8 Å². The Balaban J connectivity index is 2.03. The van der Waals surface area contributed by atoms with E-state index in [4.69, 9.17) is 9.84 Å². The summed E-state index contributed by atoms with van der Waals surface area (Å²) in [6, 6.07) is 9.64. The first kappa shape index (κ1) is 21.1. The lowest BCUT2D eigenvalue weighted by Gasteiger charge is -2.12. The molecule has 30 heavy (non-hydrogen) atoms. The summed E-state index contributed by atoms with van der Waals surface area (Å²) in [4.78, 5) is 27.7. The molecule has 0 aliphatic heterocycles. The van der Waals surface area contributed by atoms with Gasteiger partial charge in [-0.3, -0.25) is 9.59 Å². The highest BCUT2D eigenvalue weighted by molar-refractivity contribution is 6.00. The molecule has 1 heterocycles. The monoisotopic (exact) mass is 418 g/mol. The van der Waals surface area contributed by atoms with E-state index in [1.807, 2.05) is 0 Å². The summed E-state index contributed by atoms with van der Waals surface area (Å²) in [7, 11) is 1.44. The van der Waals surface area contributed by atoms with Gasteiger partial charge in [0.05, 0.1) is 23.9 Å². The molecule has 1 amide bonds. The number of alkyl halides is 3. The summed E-state index contributed by atoms with van der Waals surface area (Å²) in [6.07, 6.45) is -4.44. The molecular formula is C21H17F3N2O4. The number of pyridine rings is 1. The smallest absolute Gasteiger partial charge is 0.416 e. The standard InChI is InChI=1S/C21H17F3N2O4/c1-11(20(28)29)25-19(27)13-5-8-15-17(9-13)26-16(10-18(15)30-2)12-3-6-14(7-4-12)21(22,23)24/h3-11H,1-2H3,(H,25,27)(H,28,29)/t11-/m1/s1.